The summed E-state index contributed by atoms with van der Waals surface area (Å²) in [7, 11) is 1.68. The Morgan fingerprint density at radius 3 is 2.62 bits per heavy atom. The predicted molar refractivity (Wildman–Crippen MR) is 123 cm³/mol. The Kier molecular flexibility index (Phi) is 4.40. The Morgan fingerprint density at radius 2 is 1.78 bits per heavy atom. The number of hydrogen-bond donors (Lipinski definition) is 1. The second-order valence-corrected chi connectivity index (χ2v) is 8.11. The van der Waals surface area contributed by atoms with E-state index in [1.165, 1.54) is 0 Å². The molecule has 32 heavy (non-hydrogen) atoms. The van der Waals surface area contributed by atoms with Crippen molar-refractivity contribution in [1.29, 1.82) is 0 Å². The fraction of sp³-hybridized carbons (Fsp3) is 0.120. The topological polar surface area (TPSA) is 61.2 Å². The standard InChI is InChI=1S/C25H19ClN4O2/c1-31-19-8-4-3-7-18(19)24-21-22(17-6-2-5-9-20(17)32-24)29-25-27-14-28-30(25)23(21)15-10-12-16(26)13-11-15/h2-14,23-24H,1H3,(H,27,28,29)/t23-,24-/m0/s1. The lowest BCUT2D eigenvalue weighted by Crippen LogP contribution is -2.32. The quantitative estimate of drug-likeness (QED) is 0.454. The zero-order chi connectivity index (χ0) is 21.7. The maximum atomic E-state index is 6.63. The molecule has 158 valence electrons. The molecule has 0 spiro atoms. The number of ether oxygens (including phenoxy) is 2. The van der Waals surface area contributed by atoms with Crippen molar-refractivity contribution in [3.63, 3.8) is 0 Å². The molecular formula is C25H19ClN4O2. The summed E-state index contributed by atoms with van der Waals surface area (Å²) in [5, 5.41) is 8.73. The zero-order valence-corrected chi connectivity index (χ0v) is 18.0. The maximum absolute atomic E-state index is 6.63. The number of halogens is 1. The van der Waals surface area contributed by atoms with Gasteiger partial charge < -0.3 is 14.8 Å². The Morgan fingerprint density at radius 1 is 1.00 bits per heavy atom. The summed E-state index contributed by atoms with van der Waals surface area (Å²) in [6, 6.07) is 23.6. The summed E-state index contributed by atoms with van der Waals surface area (Å²) >= 11 is 6.20. The molecule has 2 aliphatic rings. The lowest BCUT2D eigenvalue weighted by Gasteiger charge is -2.39. The number of nitrogens with one attached hydrogen (secondary N) is 1. The monoisotopic (exact) mass is 442 g/mol. The lowest BCUT2D eigenvalue weighted by atomic mass is 9.84. The summed E-state index contributed by atoms with van der Waals surface area (Å²) < 4.78 is 14.2. The van der Waals surface area contributed by atoms with Gasteiger partial charge in [0, 0.05) is 21.7 Å². The molecule has 0 bridgehead atoms. The number of anilines is 1. The highest BCUT2D eigenvalue weighted by molar-refractivity contribution is 6.30. The van der Waals surface area contributed by atoms with Gasteiger partial charge in [0.15, 0.2) is 6.10 Å². The third kappa shape index (κ3) is 2.87. The van der Waals surface area contributed by atoms with E-state index < -0.39 is 0 Å². The van der Waals surface area contributed by atoms with Crippen molar-refractivity contribution in [2.24, 2.45) is 0 Å². The van der Waals surface area contributed by atoms with E-state index in [4.69, 9.17) is 21.1 Å². The van der Waals surface area contributed by atoms with Gasteiger partial charge in [0.1, 0.15) is 23.9 Å². The van der Waals surface area contributed by atoms with Gasteiger partial charge in [0.05, 0.1) is 12.8 Å². The largest absolute Gasteiger partial charge is 0.496 e. The molecule has 0 aliphatic carbocycles. The van der Waals surface area contributed by atoms with Crippen LogP contribution in [0.2, 0.25) is 5.02 Å². The van der Waals surface area contributed by atoms with Gasteiger partial charge >= 0.3 is 0 Å². The molecule has 0 radical (unpaired) electrons. The highest BCUT2D eigenvalue weighted by Gasteiger charge is 2.41. The average molecular weight is 443 g/mol. The lowest BCUT2D eigenvalue weighted by molar-refractivity contribution is 0.217. The molecule has 2 atom stereocenters. The number of fused-ring (bicyclic) bond motifs is 3. The molecule has 3 heterocycles. The smallest absolute Gasteiger partial charge is 0.226 e. The number of aromatic nitrogens is 3. The Bertz CT molecular complexity index is 1350. The first-order chi connectivity index (χ1) is 15.7. The molecule has 1 aromatic heterocycles. The van der Waals surface area contributed by atoms with Gasteiger partial charge in [-0.2, -0.15) is 10.1 Å². The van der Waals surface area contributed by atoms with E-state index in [-0.39, 0.29) is 12.1 Å². The SMILES string of the molecule is COc1ccccc1[C@@H]1Oc2ccccc2C2=C1[C@H](c1ccc(Cl)cc1)n1ncnc1N2. The fourth-order valence-electron chi connectivity index (χ4n) is 4.52. The molecule has 0 saturated carbocycles. The van der Waals surface area contributed by atoms with Crippen LogP contribution in [0.25, 0.3) is 5.70 Å². The van der Waals surface area contributed by atoms with Crippen LogP contribution in [0.15, 0.2) is 84.7 Å². The first-order valence-corrected chi connectivity index (χ1v) is 10.7. The molecule has 6 nitrogen and oxygen atoms in total. The van der Waals surface area contributed by atoms with E-state index >= 15 is 0 Å². The number of para-hydroxylation sites is 2. The van der Waals surface area contributed by atoms with Crippen molar-refractivity contribution in [3.8, 4) is 11.5 Å². The minimum Gasteiger partial charge on any atom is -0.496 e. The Labute approximate surface area is 190 Å². The van der Waals surface area contributed by atoms with Crippen molar-refractivity contribution in [1.82, 2.24) is 14.8 Å². The van der Waals surface area contributed by atoms with Crippen molar-refractivity contribution >= 4 is 23.2 Å². The van der Waals surface area contributed by atoms with Gasteiger partial charge in [-0.15, -0.1) is 0 Å². The van der Waals surface area contributed by atoms with E-state index in [0.29, 0.717) is 11.0 Å². The van der Waals surface area contributed by atoms with Crippen LogP contribution in [0, 0.1) is 0 Å². The van der Waals surface area contributed by atoms with Gasteiger partial charge in [0.2, 0.25) is 5.95 Å². The highest BCUT2D eigenvalue weighted by Crippen LogP contribution is 2.51. The zero-order valence-electron chi connectivity index (χ0n) is 17.2. The number of methoxy groups -OCH3 is 1. The maximum Gasteiger partial charge on any atom is 0.226 e. The van der Waals surface area contributed by atoms with Crippen LogP contribution in [0.3, 0.4) is 0 Å². The minimum absolute atomic E-state index is 0.232. The third-order valence-electron chi connectivity index (χ3n) is 5.93. The number of benzene rings is 3. The molecular weight excluding hydrogens is 424 g/mol. The second-order valence-electron chi connectivity index (χ2n) is 7.67. The number of rotatable bonds is 3. The van der Waals surface area contributed by atoms with Crippen LogP contribution < -0.4 is 14.8 Å². The predicted octanol–water partition coefficient (Wildman–Crippen LogP) is 5.50. The Hall–Kier alpha value is -3.77. The van der Waals surface area contributed by atoms with Crippen molar-refractivity contribution < 1.29 is 9.47 Å². The molecule has 0 fully saturated rings. The van der Waals surface area contributed by atoms with Crippen LogP contribution in [0.4, 0.5) is 5.95 Å². The average Bonchev–Trinajstić information content (AvgIpc) is 3.31. The Balaban J connectivity index is 1.64. The molecule has 3 aromatic carbocycles. The first kappa shape index (κ1) is 19.0. The van der Waals surface area contributed by atoms with Gasteiger partial charge in [-0.05, 0) is 35.9 Å². The van der Waals surface area contributed by atoms with Crippen LogP contribution in [0.1, 0.15) is 28.8 Å². The van der Waals surface area contributed by atoms with E-state index in [1.54, 1.807) is 13.4 Å². The number of nitrogens with zero attached hydrogens (tertiary/aromatic N) is 3. The molecule has 2 aliphatic heterocycles. The molecule has 4 aromatic rings. The van der Waals surface area contributed by atoms with Crippen molar-refractivity contribution in [2.45, 2.75) is 12.1 Å². The molecule has 0 saturated heterocycles. The molecule has 0 unspecified atom stereocenters. The van der Waals surface area contributed by atoms with Crippen LogP contribution in [-0.4, -0.2) is 21.9 Å². The molecule has 6 rings (SSSR count). The highest BCUT2D eigenvalue weighted by atomic mass is 35.5. The van der Waals surface area contributed by atoms with Crippen molar-refractivity contribution in [2.75, 3.05) is 12.4 Å². The van der Waals surface area contributed by atoms with Crippen LogP contribution >= 0.6 is 11.6 Å². The number of hydrogen-bond acceptors (Lipinski definition) is 5. The van der Waals surface area contributed by atoms with Crippen LogP contribution in [0.5, 0.6) is 11.5 Å². The summed E-state index contributed by atoms with van der Waals surface area (Å²) in [5.74, 6) is 2.25. The van der Waals surface area contributed by atoms with E-state index in [2.05, 4.69) is 21.5 Å². The van der Waals surface area contributed by atoms with Gasteiger partial charge in [-0.25, -0.2) is 4.68 Å². The van der Waals surface area contributed by atoms with Gasteiger partial charge in [-0.3, -0.25) is 0 Å². The van der Waals surface area contributed by atoms with E-state index in [9.17, 15) is 0 Å². The summed E-state index contributed by atoms with van der Waals surface area (Å²) in [6.07, 6.45) is 1.18. The molecule has 1 N–H and O–H groups in total. The normalized spacial score (nSPS) is 18.7. The summed E-state index contributed by atoms with van der Waals surface area (Å²) in [6.45, 7) is 0. The second kappa shape index (κ2) is 7.43. The van der Waals surface area contributed by atoms with Gasteiger partial charge in [0.25, 0.3) is 0 Å². The van der Waals surface area contributed by atoms with Gasteiger partial charge in [-0.1, -0.05) is 54.1 Å². The van der Waals surface area contributed by atoms with Crippen LogP contribution in [-0.2, 0) is 0 Å². The van der Waals surface area contributed by atoms with E-state index in [1.807, 2.05) is 71.4 Å². The molecule has 0 amide bonds. The minimum atomic E-state index is -0.387. The molecule has 7 heteroatoms. The van der Waals surface area contributed by atoms with E-state index in [0.717, 1.165) is 39.5 Å². The summed E-state index contributed by atoms with van der Waals surface area (Å²) in [4.78, 5) is 4.46. The summed E-state index contributed by atoms with van der Waals surface area (Å²) in [5.41, 5.74) is 4.98. The third-order valence-corrected chi connectivity index (χ3v) is 6.18. The first-order valence-electron chi connectivity index (χ1n) is 10.3. The van der Waals surface area contributed by atoms with Crippen molar-refractivity contribution in [3.05, 3.63) is 106 Å². The fourth-order valence-corrected chi connectivity index (χ4v) is 4.65.